The summed E-state index contributed by atoms with van der Waals surface area (Å²) < 4.78 is 26.6. The van der Waals surface area contributed by atoms with Crippen molar-refractivity contribution in [1.29, 1.82) is 0 Å². The molecule has 1 heterocycles. The molecule has 2 aromatic rings. The summed E-state index contributed by atoms with van der Waals surface area (Å²) in [6.07, 6.45) is 1.59. The Labute approximate surface area is 187 Å². The van der Waals surface area contributed by atoms with Gasteiger partial charge < -0.3 is 5.32 Å². The predicted octanol–water partition coefficient (Wildman–Crippen LogP) is 3.94. The fraction of sp³-hybridized carbons (Fsp3) is 0.286. The maximum atomic E-state index is 12.6. The lowest BCUT2D eigenvalue weighted by Crippen LogP contribution is -2.53. The Morgan fingerprint density at radius 3 is 2.37 bits per heavy atom. The third kappa shape index (κ3) is 5.83. The van der Waals surface area contributed by atoms with Gasteiger partial charge in [-0.05, 0) is 36.8 Å². The molecular weight excluding hydrogens is 445 g/mol. The van der Waals surface area contributed by atoms with Crippen molar-refractivity contribution in [1.82, 2.24) is 9.21 Å². The normalized spacial score (nSPS) is 17.2. The number of halogens is 2. The molecule has 9 heteroatoms. The van der Waals surface area contributed by atoms with Gasteiger partial charge in [-0.1, -0.05) is 53.5 Å². The molecule has 0 bridgehead atoms. The molecule has 0 saturated carbocycles. The first-order valence-corrected chi connectivity index (χ1v) is 11.8. The monoisotopic (exact) mass is 467 g/mol. The first-order chi connectivity index (χ1) is 14.3. The van der Waals surface area contributed by atoms with Crippen molar-refractivity contribution in [2.45, 2.75) is 13.0 Å². The number of carbonyl (C=O) groups is 1. The van der Waals surface area contributed by atoms with Crippen LogP contribution in [0.25, 0.3) is 6.08 Å². The van der Waals surface area contributed by atoms with Crippen LogP contribution in [0.5, 0.6) is 0 Å². The summed E-state index contributed by atoms with van der Waals surface area (Å²) in [4.78, 5) is 14.5. The highest BCUT2D eigenvalue weighted by Crippen LogP contribution is 2.25. The van der Waals surface area contributed by atoms with E-state index in [1.165, 1.54) is 9.71 Å². The van der Waals surface area contributed by atoms with E-state index in [2.05, 4.69) is 5.32 Å². The molecule has 2 aromatic carbocycles. The van der Waals surface area contributed by atoms with Crippen molar-refractivity contribution in [3.8, 4) is 0 Å². The molecule has 1 aliphatic rings. The van der Waals surface area contributed by atoms with E-state index in [-0.39, 0.29) is 5.91 Å². The number of piperazine rings is 1. The van der Waals surface area contributed by atoms with Crippen LogP contribution in [-0.2, 0) is 14.8 Å². The molecule has 3 rings (SSSR count). The number of anilines is 1. The Balaban J connectivity index is 1.56. The van der Waals surface area contributed by atoms with E-state index < -0.39 is 16.1 Å². The Morgan fingerprint density at radius 2 is 1.73 bits per heavy atom. The van der Waals surface area contributed by atoms with Crippen molar-refractivity contribution in [3.63, 3.8) is 0 Å². The number of carbonyl (C=O) groups excluding carboxylic acids is 1. The highest BCUT2D eigenvalue weighted by Gasteiger charge is 2.30. The molecular formula is C21H23Cl2N3O3S. The Kier molecular flexibility index (Phi) is 7.55. The second-order valence-corrected chi connectivity index (χ2v) is 9.64. The summed E-state index contributed by atoms with van der Waals surface area (Å²) in [5, 5.41) is 4.89. The van der Waals surface area contributed by atoms with E-state index in [1.807, 2.05) is 35.2 Å². The van der Waals surface area contributed by atoms with Gasteiger partial charge in [0.05, 0.1) is 16.8 Å². The van der Waals surface area contributed by atoms with Crippen molar-refractivity contribution in [2.75, 3.05) is 31.5 Å². The first-order valence-electron chi connectivity index (χ1n) is 9.49. The van der Waals surface area contributed by atoms with Crippen molar-refractivity contribution >= 4 is 50.9 Å². The Bertz CT molecular complexity index is 1020. The largest absolute Gasteiger partial charge is 0.323 e. The number of rotatable bonds is 6. The predicted molar refractivity (Wildman–Crippen MR) is 122 cm³/mol. The minimum absolute atomic E-state index is 0.209. The van der Waals surface area contributed by atoms with E-state index >= 15 is 0 Å². The lowest BCUT2D eigenvalue weighted by molar-refractivity contribution is -0.121. The van der Waals surface area contributed by atoms with Crippen LogP contribution in [0.1, 0.15) is 12.5 Å². The fourth-order valence-corrected chi connectivity index (χ4v) is 4.78. The van der Waals surface area contributed by atoms with Crippen LogP contribution >= 0.6 is 23.2 Å². The summed E-state index contributed by atoms with van der Waals surface area (Å²) in [6, 6.07) is 13.7. The lowest BCUT2D eigenvalue weighted by Gasteiger charge is -2.36. The fourth-order valence-electron chi connectivity index (χ4n) is 3.15. The number of sulfonamides is 1. The molecule has 1 fully saturated rings. The molecule has 160 valence electrons. The van der Waals surface area contributed by atoms with Gasteiger partial charge in [0.1, 0.15) is 0 Å². The topological polar surface area (TPSA) is 69.7 Å². The zero-order chi connectivity index (χ0) is 21.7. The van der Waals surface area contributed by atoms with Crippen LogP contribution in [0.2, 0.25) is 10.0 Å². The Hall–Kier alpha value is -1.90. The number of nitrogens with zero attached hydrogens (tertiary/aromatic N) is 2. The van der Waals surface area contributed by atoms with Crippen molar-refractivity contribution < 1.29 is 13.2 Å². The molecule has 1 N–H and O–H groups in total. The third-order valence-electron chi connectivity index (χ3n) is 4.98. The van der Waals surface area contributed by atoms with E-state index in [0.717, 1.165) is 5.56 Å². The molecule has 1 atom stereocenters. The minimum Gasteiger partial charge on any atom is -0.323 e. The molecule has 30 heavy (non-hydrogen) atoms. The SMILES string of the molecule is C[C@H](C(=O)Nc1ccc(Cl)cc1Cl)N1CCN(S(=O)(=O)/C=C/c2ccccc2)CC1. The number of nitrogens with one attached hydrogen (secondary N) is 1. The average molecular weight is 468 g/mol. The zero-order valence-electron chi connectivity index (χ0n) is 16.5. The van der Waals surface area contributed by atoms with Gasteiger partial charge >= 0.3 is 0 Å². The van der Waals surface area contributed by atoms with Crippen LogP contribution in [0.15, 0.2) is 53.9 Å². The van der Waals surface area contributed by atoms with Gasteiger partial charge in [-0.2, -0.15) is 4.31 Å². The summed E-state index contributed by atoms with van der Waals surface area (Å²) in [5.74, 6) is -0.209. The molecule has 0 radical (unpaired) electrons. The Morgan fingerprint density at radius 1 is 1.07 bits per heavy atom. The average Bonchev–Trinajstić information content (AvgIpc) is 2.74. The van der Waals surface area contributed by atoms with Gasteiger partial charge in [-0.3, -0.25) is 9.69 Å². The van der Waals surface area contributed by atoms with Crippen LogP contribution in [-0.4, -0.2) is 55.8 Å². The third-order valence-corrected chi connectivity index (χ3v) is 7.09. The van der Waals surface area contributed by atoms with E-state index in [1.54, 1.807) is 31.2 Å². The maximum absolute atomic E-state index is 12.6. The zero-order valence-corrected chi connectivity index (χ0v) is 18.8. The highest BCUT2D eigenvalue weighted by molar-refractivity contribution is 7.92. The summed E-state index contributed by atoms with van der Waals surface area (Å²) in [6.45, 7) is 3.35. The van der Waals surface area contributed by atoms with E-state index in [0.29, 0.717) is 41.9 Å². The van der Waals surface area contributed by atoms with E-state index in [9.17, 15) is 13.2 Å². The van der Waals surface area contributed by atoms with Gasteiger partial charge in [-0.15, -0.1) is 0 Å². The molecule has 0 spiro atoms. The standard InChI is InChI=1S/C21H23Cl2N3O3S/c1-16(21(27)24-20-8-7-18(22)15-19(20)23)25-10-12-26(13-11-25)30(28,29)14-9-17-5-3-2-4-6-17/h2-9,14-16H,10-13H2,1H3,(H,24,27)/b14-9+/t16-/m1/s1. The lowest BCUT2D eigenvalue weighted by atomic mass is 10.2. The van der Waals surface area contributed by atoms with E-state index in [4.69, 9.17) is 23.2 Å². The summed E-state index contributed by atoms with van der Waals surface area (Å²) >= 11 is 12.0. The quantitative estimate of drug-likeness (QED) is 0.698. The second-order valence-electron chi connectivity index (χ2n) is 6.98. The van der Waals surface area contributed by atoms with Crippen molar-refractivity contribution in [3.05, 3.63) is 69.5 Å². The van der Waals surface area contributed by atoms with Crippen LogP contribution < -0.4 is 5.32 Å². The van der Waals surface area contributed by atoms with Crippen molar-refractivity contribution in [2.24, 2.45) is 0 Å². The van der Waals surface area contributed by atoms with Gasteiger partial charge in [0, 0.05) is 36.6 Å². The molecule has 1 saturated heterocycles. The smallest absolute Gasteiger partial charge is 0.241 e. The second kappa shape index (κ2) is 9.94. The molecule has 0 aromatic heterocycles. The molecule has 6 nitrogen and oxygen atoms in total. The van der Waals surface area contributed by atoms with Crippen LogP contribution in [0.3, 0.4) is 0 Å². The maximum Gasteiger partial charge on any atom is 0.241 e. The van der Waals surface area contributed by atoms with Gasteiger partial charge in [0.2, 0.25) is 15.9 Å². The van der Waals surface area contributed by atoms with Gasteiger partial charge in [0.15, 0.2) is 0 Å². The number of hydrogen-bond acceptors (Lipinski definition) is 4. The minimum atomic E-state index is -3.51. The first kappa shape index (κ1) is 22.8. The van der Waals surface area contributed by atoms with Crippen LogP contribution in [0, 0.1) is 0 Å². The molecule has 0 unspecified atom stereocenters. The summed E-state index contributed by atoms with van der Waals surface area (Å²) in [7, 11) is -3.51. The number of amides is 1. The van der Waals surface area contributed by atoms with Gasteiger partial charge in [0.25, 0.3) is 0 Å². The number of benzene rings is 2. The highest BCUT2D eigenvalue weighted by atomic mass is 35.5. The van der Waals surface area contributed by atoms with Crippen LogP contribution in [0.4, 0.5) is 5.69 Å². The summed E-state index contributed by atoms with van der Waals surface area (Å²) in [5.41, 5.74) is 1.32. The molecule has 1 aliphatic heterocycles. The molecule has 0 aliphatic carbocycles. The molecule has 1 amide bonds. The van der Waals surface area contributed by atoms with Gasteiger partial charge in [-0.25, -0.2) is 8.42 Å². The number of hydrogen-bond donors (Lipinski definition) is 1.